The lowest BCUT2D eigenvalue weighted by atomic mass is 9.83. The quantitative estimate of drug-likeness (QED) is 0.910. The van der Waals surface area contributed by atoms with Crippen LogP contribution < -0.4 is 10.6 Å². The zero-order chi connectivity index (χ0) is 15.9. The van der Waals surface area contributed by atoms with Crippen molar-refractivity contribution in [2.75, 3.05) is 0 Å². The largest absolute Gasteiger partial charge is 0.356 e. The van der Waals surface area contributed by atoms with Gasteiger partial charge in [-0.05, 0) is 49.7 Å². The molecule has 2 N–H and O–H groups in total. The summed E-state index contributed by atoms with van der Waals surface area (Å²) in [6, 6.07) is 4.37. The molecule has 2 saturated carbocycles. The highest BCUT2D eigenvalue weighted by atomic mass is 19.1. The molecule has 23 heavy (non-hydrogen) atoms. The van der Waals surface area contributed by atoms with Crippen LogP contribution in [0, 0.1) is 11.2 Å². The fourth-order valence-corrected chi connectivity index (χ4v) is 3.70. The van der Waals surface area contributed by atoms with Crippen molar-refractivity contribution in [3.63, 3.8) is 0 Å². The van der Waals surface area contributed by atoms with Gasteiger partial charge < -0.3 is 15.2 Å². The van der Waals surface area contributed by atoms with E-state index in [0.29, 0.717) is 16.7 Å². The highest BCUT2D eigenvalue weighted by Gasteiger charge is 2.45. The van der Waals surface area contributed by atoms with Crippen molar-refractivity contribution in [3.8, 4) is 0 Å². The molecule has 4 rings (SSSR count). The predicted octanol–water partition coefficient (Wildman–Crippen LogP) is 3.49. The van der Waals surface area contributed by atoms with E-state index in [0.717, 1.165) is 18.2 Å². The van der Waals surface area contributed by atoms with E-state index >= 15 is 0 Å². The van der Waals surface area contributed by atoms with Crippen LogP contribution in [0.3, 0.4) is 0 Å². The monoisotopic (exact) mass is 317 g/mol. The van der Waals surface area contributed by atoms with Gasteiger partial charge >= 0.3 is 6.03 Å². The minimum absolute atomic E-state index is 0.175. The first-order chi connectivity index (χ1) is 11.1. The van der Waals surface area contributed by atoms with Gasteiger partial charge in [0.25, 0.3) is 0 Å². The number of benzene rings is 1. The number of urea groups is 1. The van der Waals surface area contributed by atoms with E-state index in [4.69, 9.17) is 4.52 Å². The molecule has 1 aromatic heterocycles. The second kappa shape index (κ2) is 5.51. The van der Waals surface area contributed by atoms with E-state index in [2.05, 4.69) is 15.8 Å². The van der Waals surface area contributed by atoms with Crippen LogP contribution in [0.4, 0.5) is 9.18 Å². The van der Waals surface area contributed by atoms with Crippen molar-refractivity contribution in [1.29, 1.82) is 0 Å². The Morgan fingerprint density at radius 3 is 3.09 bits per heavy atom. The summed E-state index contributed by atoms with van der Waals surface area (Å²) in [6.07, 6.45) is 7.30. The molecule has 2 aromatic rings. The number of nitrogens with zero attached hydrogens (tertiary/aromatic N) is 1. The number of aromatic nitrogens is 1. The number of rotatable bonds is 3. The van der Waals surface area contributed by atoms with Gasteiger partial charge in [-0.1, -0.05) is 11.6 Å². The Hall–Kier alpha value is -2.11. The van der Waals surface area contributed by atoms with Crippen LogP contribution in [0.15, 0.2) is 22.7 Å². The maximum absolute atomic E-state index is 13.1. The average Bonchev–Trinajstić information content (AvgIpc) is 3.14. The fraction of sp³-hybridized carbons (Fsp3) is 0.529. The Bertz CT molecular complexity index is 739. The smallest absolute Gasteiger partial charge is 0.315 e. The third-order valence-corrected chi connectivity index (χ3v) is 5.16. The molecule has 122 valence electrons. The standard InChI is InChI=1S/C17H20FN3O2/c18-11-3-4-13-14(21-23-15(13)8-11)10-19-16(22)20-12-2-1-5-17(9-12)6-7-17/h3-4,8,12H,1-2,5-7,9-10H2,(H2,19,20,22). The predicted molar refractivity (Wildman–Crippen MR) is 83.3 cm³/mol. The molecule has 1 atom stereocenters. The molecule has 2 aliphatic rings. The topological polar surface area (TPSA) is 67.2 Å². The number of hydrogen-bond acceptors (Lipinski definition) is 3. The molecule has 0 saturated heterocycles. The first kappa shape index (κ1) is 14.5. The molecule has 2 aliphatic carbocycles. The number of carbonyl (C=O) groups is 1. The Kier molecular flexibility index (Phi) is 3.47. The van der Waals surface area contributed by atoms with E-state index in [1.807, 2.05) is 0 Å². The Labute approximate surface area is 133 Å². The Morgan fingerprint density at radius 1 is 1.39 bits per heavy atom. The van der Waals surface area contributed by atoms with Gasteiger partial charge in [0.15, 0.2) is 5.58 Å². The molecule has 1 spiro atoms. The second-order valence-corrected chi connectivity index (χ2v) is 6.89. The minimum Gasteiger partial charge on any atom is -0.356 e. The number of amides is 2. The molecule has 1 unspecified atom stereocenters. The van der Waals surface area contributed by atoms with Gasteiger partial charge in [0.05, 0.1) is 6.54 Å². The third kappa shape index (κ3) is 3.02. The summed E-state index contributed by atoms with van der Waals surface area (Å²) < 4.78 is 18.2. The van der Waals surface area contributed by atoms with Crippen molar-refractivity contribution in [1.82, 2.24) is 15.8 Å². The van der Waals surface area contributed by atoms with Gasteiger partial charge in [0.1, 0.15) is 11.5 Å². The van der Waals surface area contributed by atoms with Crippen molar-refractivity contribution < 1.29 is 13.7 Å². The highest BCUT2D eigenvalue weighted by Crippen LogP contribution is 2.56. The van der Waals surface area contributed by atoms with Crippen molar-refractivity contribution in [2.24, 2.45) is 5.41 Å². The van der Waals surface area contributed by atoms with E-state index in [-0.39, 0.29) is 24.4 Å². The third-order valence-electron chi connectivity index (χ3n) is 5.16. The Morgan fingerprint density at radius 2 is 2.26 bits per heavy atom. The van der Waals surface area contributed by atoms with Crippen LogP contribution >= 0.6 is 0 Å². The normalized spacial score (nSPS) is 22.2. The molecular weight excluding hydrogens is 297 g/mol. The van der Waals surface area contributed by atoms with Crippen LogP contribution in [0.1, 0.15) is 44.2 Å². The fourth-order valence-electron chi connectivity index (χ4n) is 3.70. The summed E-state index contributed by atoms with van der Waals surface area (Å²) in [6.45, 7) is 0.266. The average molecular weight is 317 g/mol. The molecule has 0 radical (unpaired) electrons. The van der Waals surface area contributed by atoms with Gasteiger partial charge in [0.2, 0.25) is 0 Å². The summed E-state index contributed by atoms with van der Waals surface area (Å²) in [4.78, 5) is 12.1. The summed E-state index contributed by atoms with van der Waals surface area (Å²) >= 11 is 0. The molecule has 2 amide bonds. The van der Waals surface area contributed by atoms with Gasteiger partial charge in [-0.25, -0.2) is 9.18 Å². The van der Waals surface area contributed by atoms with Gasteiger partial charge in [-0.3, -0.25) is 0 Å². The highest BCUT2D eigenvalue weighted by molar-refractivity contribution is 5.80. The van der Waals surface area contributed by atoms with Gasteiger partial charge in [0, 0.05) is 17.5 Å². The number of hydrogen-bond donors (Lipinski definition) is 2. The van der Waals surface area contributed by atoms with Crippen molar-refractivity contribution in [3.05, 3.63) is 29.7 Å². The molecular formula is C17H20FN3O2. The second-order valence-electron chi connectivity index (χ2n) is 6.89. The van der Waals surface area contributed by atoms with Gasteiger partial charge in [-0.2, -0.15) is 0 Å². The molecule has 0 bridgehead atoms. The number of carbonyl (C=O) groups excluding carboxylic acids is 1. The lowest BCUT2D eigenvalue weighted by Gasteiger charge is -2.29. The van der Waals surface area contributed by atoms with Crippen molar-refractivity contribution in [2.45, 2.75) is 51.1 Å². The van der Waals surface area contributed by atoms with Gasteiger partial charge in [-0.15, -0.1) is 0 Å². The summed E-state index contributed by atoms with van der Waals surface area (Å²) in [5.41, 5.74) is 1.53. The molecule has 2 fully saturated rings. The van der Waals surface area contributed by atoms with E-state index in [1.165, 1.54) is 37.8 Å². The molecule has 1 heterocycles. The summed E-state index contributed by atoms with van der Waals surface area (Å²) in [7, 11) is 0. The van der Waals surface area contributed by atoms with Crippen molar-refractivity contribution >= 4 is 17.0 Å². The van der Waals surface area contributed by atoms with Crippen LogP contribution in [0.25, 0.3) is 11.0 Å². The zero-order valence-electron chi connectivity index (χ0n) is 12.9. The molecule has 0 aliphatic heterocycles. The molecule has 5 nitrogen and oxygen atoms in total. The summed E-state index contributed by atoms with van der Waals surface area (Å²) in [5, 5.41) is 10.5. The number of fused-ring (bicyclic) bond motifs is 1. The van der Waals surface area contributed by atoms with E-state index in [1.54, 1.807) is 6.07 Å². The maximum atomic E-state index is 13.1. The molecule has 6 heteroatoms. The minimum atomic E-state index is -0.364. The zero-order valence-corrected chi connectivity index (χ0v) is 12.9. The lowest BCUT2D eigenvalue weighted by molar-refractivity contribution is 0.221. The number of nitrogens with one attached hydrogen (secondary N) is 2. The lowest BCUT2D eigenvalue weighted by Crippen LogP contribution is -2.44. The SMILES string of the molecule is O=C(NCc1noc2cc(F)ccc12)NC1CCCC2(CC2)C1. The first-order valence-corrected chi connectivity index (χ1v) is 8.22. The van der Waals surface area contributed by atoms with E-state index < -0.39 is 0 Å². The first-order valence-electron chi connectivity index (χ1n) is 8.22. The number of halogens is 1. The van der Waals surface area contributed by atoms with Crippen LogP contribution in [-0.2, 0) is 6.54 Å². The molecule has 1 aromatic carbocycles. The van der Waals surface area contributed by atoms with Crippen LogP contribution in [0.5, 0.6) is 0 Å². The Balaban J connectivity index is 1.33. The van der Waals surface area contributed by atoms with Crippen LogP contribution in [0.2, 0.25) is 0 Å². The van der Waals surface area contributed by atoms with Crippen LogP contribution in [-0.4, -0.2) is 17.2 Å². The maximum Gasteiger partial charge on any atom is 0.315 e. The van der Waals surface area contributed by atoms with E-state index in [9.17, 15) is 9.18 Å². The summed E-state index contributed by atoms with van der Waals surface area (Å²) in [5.74, 6) is -0.364.